The Balaban J connectivity index is 2.13. The first kappa shape index (κ1) is 14.8. The fourth-order valence-corrected chi connectivity index (χ4v) is 3.14. The lowest BCUT2D eigenvalue weighted by Crippen LogP contribution is -2.32. The average Bonchev–Trinajstić information content (AvgIpc) is 2.89. The Morgan fingerprint density at radius 3 is 2.84 bits per heavy atom. The van der Waals surface area contributed by atoms with Gasteiger partial charge in [0.05, 0.1) is 11.8 Å². The number of likely N-dealkylation sites (N-methyl/N-ethyl adjacent to an activating group) is 1. The molecule has 4 heteroatoms. The Kier molecular flexibility index (Phi) is 5.25. The van der Waals surface area contributed by atoms with Crippen LogP contribution in [-0.2, 0) is 4.74 Å². The van der Waals surface area contributed by atoms with Crippen molar-refractivity contribution in [1.29, 1.82) is 0 Å². The molecule has 1 fully saturated rings. The van der Waals surface area contributed by atoms with Gasteiger partial charge in [0.15, 0.2) is 0 Å². The van der Waals surface area contributed by atoms with Crippen molar-refractivity contribution in [3.63, 3.8) is 0 Å². The van der Waals surface area contributed by atoms with Crippen LogP contribution < -0.4 is 10.6 Å². The zero-order chi connectivity index (χ0) is 13.8. The average molecular weight is 327 g/mol. The fourth-order valence-electron chi connectivity index (χ4n) is 2.49. The van der Waals surface area contributed by atoms with Gasteiger partial charge < -0.3 is 15.4 Å². The minimum absolute atomic E-state index is 0.0681. The smallest absolute Gasteiger partial charge is 0.0750 e. The van der Waals surface area contributed by atoms with E-state index in [0.29, 0.717) is 6.10 Å². The molecule has 1 heterocycles. The molecule has 0 amide bonds. The van der Waals surface area contributed by atoms with Gasteiger partial charge in [0.25, 0.3) is 0 Å². The van der Waals surface area contributed by atoms with Crippen molar-refractivity contribution in [2.75, 3.05) is 24.6 Å². The molecule has 2 atom stereocenters. The van der Waals surface area contributed by atoms with Crippen molar-refractivity contribution >= 4 is 21.6 Å². The zero-order valence-corrected chi connectivity index (χ0v) is 13.3. The lowest BCUT2D eigenvalue weighted by molar-refractivity contribution is 0.115. The normalized spacial score (nSPS) is 20.5. The van der Waals surface area contributed by atoms with E-state index in [4.69, 9.17) is 10.5 Å². The van der Waals surface area contributed by atoms with E-state index in [1.165, 1.54) is 18.5 Å². The summed E-state index contributed by atoms with van der Waals surface area (Å²) in [5, 5.41) is 0. The summed E-state index contributed by atoms with van der Waals surface area (Å²) in [6.45, 7) is 7.04. The summed E-state index contributed by atoms with van der Waals surface area (Å²) in [6, 6.07) is 6.46. The fraction of sp³-hybridized carbons (Fsp3) is 0.600. The highest BCUT2D eigenvalue weighted by Gasteiger charge is 2.20. The molecule has 0 bridgehead atoms. The number of nitrogens with two attached hydrogens (primary N) is 1. The number of halogens is 1. The molecular formula is C15H23BrN2O. The molecule has 0 aromatic heterocycles. The Bertz CT molecular complexity index is 417. The van der Waals surface area contributed by atoms with Gasteiger partial charge in [-0.15, -0.1) is 0 Å². The number of benzene rings is 1. The summed E-state index contributed by atoms with van der Waals surface area (Å²) in [5.41, 5.74) is 8.30. The van der Waals surface area contributed by atoms with Crippen molar-refractivity contribution in [3.8, 4) is 0 Å². The Morgan fingerprint density at radius 2 is 2.32 bits per heavy atom. The number of rotatable bonds is 5. The minimum atomic E-state index is 0.0681. The highest BCUT2D eigenvalue weighted by atomic mass is 79.9. The maximum Gasteiger partial charge on any atom is 0.0750 e. The molecular weight excluding hydrogens is 304 g/mol. The van der Waals surface area contributed by atoms with E-state index in [1.54, 1.807) is 0 Å². The van der Waals surface area contributed by atoms with E-state index < -0.39 is 0 Å². The molecule has 0 aliphatic carbocycles. The summed E-state index contributed by atoms with van der Waals surface area (Å²) in [4.78, 5) is 2.37. The highest BCUT2D eigenvalue weighted by molar-refractivity contribution is 9.10. The number of ether oxygens (including phenoxy) is 1. The van der Waals surface area contributed by atoms with Crippen LogP contribution in [0.5, 0.6) is 0 Å². The first-order valence-electron chi connectivity index (χ1n) is 7.03. The van der Waals surface area contributed by atoms with Crippen molar-refractivity contribution < 1.29 is 4.74 Å². The van der Waals surface area contributed by atoms with Gasteiger partial charge in [0.1, 0.15) is 0 Å². The molecule has 2 rings (SSSR count). The first-order valence-corrected chi connectivity index (χ1v) is 7.82. The van der Waals surface area contributed by atoms with E-state index in [0.717, 1.165) is 29.7 Å². The Morgan fingerprint density at radius 1 is 1.53 bits per heavy atom. The standard InChI is InChI=1S/C15H23BrN2O/c1-3-18(10-13-5-4-8-19-13)15-7-6-12(11(2)17)9-14(15)16/h6-7,9,11,13H,3-5,8,10,17H2,1-2H3/t11-,13?/m0/s1. The molecule has 1 saturated heterocycles. The van der Waals surface area contributed by atoms with Gasteiger partial charge in [-0.25, -0.2) is 0 Å². The molecule has 1 aliphatic rings. The predicted molar refractivity (Wildman–Crippen MR) is 83.6 cm³/mol. The summed E-state index contributed by atoms with van der Waals surface area (Å²) in [5.74, 6) is 0. The SMILES string of the molecule is CCN(CC1CCCO1)c1ccc([C@H](C)N)cc1Br. The molecule has 19 heavy (non-hydrogen) atoms. The van der Waals surface area contributed by atoms with Gasteiger partial charge in [-0.1, -0.05) is 6.07 Å². The van der Waals surface area contributed by atoms with Gasteiger partial charge in [0.2, 0.25) is 0 Å². The van der Waals surface area contributed by atoms with Crippen LogP contribution in [0.1, 0.15) is 38.3 Å². The van der Waals surface area contributed by atoms with E-state index in [2.05, 4.69) is 46.0 Å². The molecule has 3 nitrogen and oxygen atoms in total. The molecule has 1 aromatic carbocycles. The minimum Gasteiger partial charge on any atom is -0.376 e. The second-order valence-electron chi connectivity index (χ2n) is 5.17. The van der Waals surface area contributed by atoms with Crippen LogP contribution in [0.2, 0.25) is 0 Å². The maximum absolute atomic E-state index is 5.92. The monoisotopic (exact) mass is 326 g/mol. The highest BCUT2D eigenvalue weighted by Crippen LogP contribution is 2.30. The number of nitrogens with zero attached hydrogens (tertiary/aromatic N) is 1. The third-order valence-electron chi connectivity index (χ3n) is 3.67. The van der Waals surface area contributed by atoms with Crippen LogP contribution in [0.15, 0.2) is 22.7 Å². The van der Waals surface area contributed by atoms with Crippen LogP contribution in [0.4, 0.5) is 5.69 Å². The van der Waals surface area contributed by atoms with Crippen molar-refractivity contribution in [2.45, 2.75) is 38.8 Å². The van der Waals surface area contributed by atoms with Gasteiger partial charge in [0, 0.05) is 30.2 Å². The summed E-state index contributed by atoms with van der Waals surface area (Å²) < 4.78 is 6.84. The maximum atomic E-state index is 5.92. The first-order chi connectivity index (χ1) is 9.11. The molecule has 1 unspecified atom stereocenters. The second kappa shape index (κ2) is 6.73. The molecule has 2 N–H and O–H groups in total. The Labute approximate surface area is 124 Å². The van der Waals surface area contributed by atoms with Crippen molar-refractivity contribution in [2.24, 2.45) is 5.73 Å². The Hall–Kier alpha value is -0.580. The molecule has 1 aliphatic heterocycles. The third-order valence-corrected chi connectivity index (χ3v) is 4.30. The van der Waals surface area contributed by atoms with Gasteiger partial charge in [-0.3, -0.25) is 0 Å². The van der Waals surface area contributed by atoms with E-state index in [-0.39, 0.29) is 6.04 Å². The lowest BCUT2D eigenvalue weighted by Gasteiger charge is -2.27. The van der Waals surface area contributed by atoms with Crippen LogP contribution in [0.3, 0.4) is 0 Å². The molecule has 106 valence electrons. The molecule has 0 saturated carbocycles. The van der Waals surface area contributed by atoms with E-state index in [9.17, 15) is 0 Å². The summed E-state index contributed by atoms with van der Waals surface area (Å²) in [6.07, 6.45) is 2.74. The van der Waals surface area contributed by atoms with Gasteiger partial charge in [-0.05, 0) is 60.3 Å². The second-order valence-corrected chi connectivity index (χ2v) is 6.03. The van der Waals surface area contributed by atoms with Crippen LogP contribution in [-0.4, -0.2) is 25.8 Å². The van der Waals surface area contributed by atoms with E-state index >= 15 is 0 Å². The zero-order valence-electron chi connectivity index (χ0n) is 11.7. The van der Waals surface area contributed by atoms with Crippen LogP contribution in [0.25, 0.3) is 0 Å². The van der Waals surface area contributed by atoms with Crippen LogP contribution >= 0.6 is 15.9 Å². The number of hydrogen-bond donors (Lipinski definition) is 1. The molecule has 0 radical (unpaired) electrons. The quantitative estimate of drug-likeness (QED) is 0.900. The van der Waals surface area contributed by atoms with E-state index in [1.807, 2.05) is 6.92 Å². The largest absolute Gasteiger partial charge is 0.376 e. The molecule has 0 spiro atoms. The predicted octanol–water partition coefficient (Wildman–Crippen LogP) is 3.47. The van der Waals surface area contributed by atoms with Crippen LogP contribution in [0, 0.1) is 0 Å². The van der Waals surface area contributed by atoms with Gasteiger partial charge in [-0.2, -0.15) is 0 Å². The van der Waals surface area contributed by atoms with Crippen molar-refractivity contribution in [1.82, 2.24) is 0 Å². The lowest BCUT2D eigenvalue weighted by atomic mass is 10.1. The topological polar surface area (TPSA) is 38.5 Å². The van der Waals surface area contributed by atoms with Crippen molar-refractivity contribution in [3.05, 3.63) is 28.2 Å². The molecule has 1 aromatic rings. The third kappa shape index (κ3) is 3.71. The summed E-state index contributed by atoms with van der Waals surface area (Å²) in [7, 11) is 0. The summed E-state index contributed by atoms with van der Waals surface area (Å²) >= 11 is 3.67. The number of hydrogen-bond acceptors (Lipinski definition) is 3. The van der Waals surface area contributed by atoms with Gasteiger partial charge >= 0.3 is 0 Å². The number of anilines is 1.